The van der Waals surface area contributed by atoms with Gasteiger partial charge in [0.1, 0.15) is 5.01 Å². The average Bonchev–Trinajstić information content (AvgIpc) is 3.04. The van der Waals surface area contributed by atoms with Gasteiger partial charge in [-0.15, -0.1) is 10.2 Å². The topological polar surface area (TPSA) is 54.9 Å². The van der Waals surface area contributed by atoms with Gasteiger partial charge in [-0.1, -0.05) is 67.6 Å². The van der Waals surface area contributed by atoms with E-state index in [2.05, 4.69) is 29.4 Å². The van der Waals surface area contributed by atoms with Crippen LogP contribution in [0.3, 0.4) is 0 Å². The molecule has 0 spiro atoms. The van der Waals surface area contributed by atoms with Crippen LogP contribution in [-0.4, -0.2) is 16.1 Å². The van der Waals surface area contributed by atoms with Gasteiger partial charge in [0.15, 0.2) is 0 Å². The van der Waals surface area contributed by atoms with E-state index < -0.39 is 0 Å². The Bertz CT molecular complexity index is 795. The highest BCUT2D eigenvalue weighted by Gasteiger charge is 2.11. The minimum Gasteiger partial charge on any atom is -0.296 e. The summed E-state index contributed by atoms with van der Waals surface area (Å²) in [5.41, 5.74) is 2.82. The third kappa shape index (κ3) is 3.63. The zero-order chi connectivity index (χ0) is 16.2. The number of anilines is 1. The zero-order valence-electron chi connectivity index (χ0n) is 13.0. The molecule has 0 aliphatic heterocycles. The predicted octanol–water partition coefficient (Wildman–Crippen LogP) is 4.58. The van der Waals surface area contributed by atoms with E-state index in [0.717, 1.165) is 10.6 Å². The predicted molar refractivity (Wildman–Crippen MR) is 93.8 cm³/mol. The summed E-state index contributed by atoms with van der Waals surface area (Å²) in [5.74, 6) is 0.278. The highest BCUT2D eigenvalue weighted by Crippen LogP contribution is 2.26. The molecule has 0 saturated heterocycles. The van der Waals surface area contributed by atoms with Crippen molar-refractivity contribution in [2.75, 3.05) is 5.32 Å². The van der Waals surface area contributed by atoms with Gasteiger partial charge >= 0.3 is 0 Å². The molecule has 0 aliphatic rings. The first-order chi connectivity index (χ1) is 11.1. The van der Waals surface area contributed by atoms with Crippen LogP contribution in [0.5, 0.6) is 0 Å². The second-order valence-corrected chi connectivity index (χ2v) is 6.49. The first-order valence-electron chi connectivity index (χ1n) is 7.44. The molecular formula is C18H17N3OS. The van der Waals surface area contributed by atoms with Gasteiger partial charge in [-0.05, 0) is 23.6 Å². The van der Waals surface area contributed by atoms with Crippen molar-refractivity contribution in [3.05, 3.63) is 65.7 Å². The van der Waals surface area contributed by atoms with Crippen molar-refractivity contribution in [3.63, 3.8) is 0 Å². The standard InChI is InChI=1S/C18H17N3OS/c1-12(2)13-8-10-14(11-9-13)16(22)19-18-21-20-17(23-18)15-6-4-3-5-7-15/h3-12H,1-2H3,(H,19,21,22). The fourth-order valence-electron chi connectivity index (χ4n) is 2.16. The molecule has 5 heteroatoms. The summed E-state index contributed by atoms with van der Waals surface area (Å²) in [6, 6.07) is 17.4. The summed E-state index contributed by atoms with van der Waals surface area (Å²) in [5, 5.41) is 12.3. The van der Waals surface area contributed by atoms with Crippen molar-refractivity contribution in [1.29, 1.82) is 0 Å². The van der Waals surface area contributed by atoms with Crippen molar-refractivity contribution in [1.82, 2.24) is 10.2 Å². The summed E-state index contributed by atoms with van der Waals surface area (Å²) < 4.78 is 0. The SMILES string of the molecule is CC(C)c1ccc(C(=O)Nc2nnc(-c3ccccc3)s2)cc1. The number of aromatic nitrogens is 2. The molecule has 0 radical (unpaired) electrons. The van der Waals surface area contributed by atoms with Crippen LogP contribution < -0.4 is 5.32 Å². The van der Waals surface area contributed by atoms with Crippen LogP contribution in [0.25, 0.3) is 10.6 Å². The van der Waals surface area contributed by atoms with Crippen molar-refractivity contribution >= 4 is 22.4 Å². The Morgan fingerprint density at radius 3 is 2.35 bits per heavy atom. The number of rotatable bonds is 4. The van der Waals surface area contributed by atoms with Crippen LogP contribution in [0.1, 0.15) is 35.7 Å². The molecule has 1 heterocycles. The second kappa shape index (κ2) is 6.71. The summed E-state index contributed by atoms with van der Waals surface area (Å²) in [7, 11) is 0. The molecule has 0 aliphatic carbocycles. The lowest BCUT2D eigenvalue weighted by Gasteiger charge is -2.06. The maximum Gasteiger partial charge on any atom is 0.257 e. The Balaban J connectivity index is 1.72. The summed E-state index contributed by atoms with van der Waals surface area (Å²) >= 11 is 1.36. The minimum atomic E-state index is -0.170. The Hall–Kier alpha value is -2.53. The molecule has 0 unspecified atom stereocenters. The smallest absolute Gasteiger partial charge is 0.257 e. The third-order valence-corrected chi connectivity index (χ3v) is 4.39. The fraction of sp³-hybridized carbons (Fsp3) is 0.167. The Kier molecular flexibility index (Phi) is 4.48. The van der Waals surface area contributed by atoms with Crippen LogP contribution in [0.15, 0.2) is 54.6 Å². The van der Waals surface area contributed by atoms with E-state index in [0.29, 0.717) is 16.6 Å². The van der Waals surface area contributed by atoms with E-state index in [-0.39, 0.29) is 5.91 Å². The molecular weight excluding hydrogens is 306 g/mol. The lowest BCUT2D eigenvalue weighted by molar-refractivity contribution is 0.102. The number of nitrogens with one attached hydrogen (secondary N) is 1. The number of carbonyl (C=O) groups excluding carboxylic acids is 1. The zero-order valence-corrected chi connectivity index (χ0v) is 13.8. The monoisotopic (exact) mass is 323 g/mol. The summed E-state index contributed by atoms with van der Waals surface area (Å²) in [6.07, 6.45) is 0. The van der Waals surface area contributed by atoms with E-state index in [9.17, 15) is 4.79 Å². The normalized spacial score (nSPS) is 10.7. The number of nitrogens with zero attached hydrogens (tertiary/aromatic N) is 2. The van der Waals surface area contributed by atoms with Gasteiger partial charge in [-0.3, -0.25) is 10.1 Å². The van der Waals surface area contributed by atoms with Gasteiger partial charge in [0, 0.05) is 11.1 Å². The number of hydrogen-bond acceptors (Lipinski definition) is 4. The highest BCUT2D eigenvalue weighted by atomic mass is 32.1. The lowest BCUT2D eigenvalue weighted by Crippen LogP contribution is -2.11. The van der Waals surface area contributed by atoms with Crippen molar-refractivity contribution < 1.29 is 4.79 Å². The molecule has 1 N–H and O–H groups in total. The number of amides is 1. The third-order valence-electron chi connectivity index (χ3n) is 3.51. The Labute approximate surface area is 139 Å². The molecule has 4 nitrogen and oxygen atoms in total. The van der Waals surface area contributed by atoms with E-state index in [4.69, 9.17) is 0 Å². The molecule has 116 valence electrons. The molecule has 0 atom stereocenters. The summed E-state index contributed by atoms with van der Waals surface area (Å²) in [4.78, 5) is 12.3. The Morgan fingerprint density at radius 1 is 1.00 bits per heavy atom. The molecule has 3 rings (SSSR count). The van der Waals surface area contributed by atoms with E-state index in [1.165, 1.54) is 16.9 Å². The second-order valence-electron chi connectivity index (χ2n) is 5.51. The lowest BCUT2D eigenvalue weighted by atomic mass is 10.0. The van der Waals surface area contributed by atoms with Gasteiger partial charge < -0.3 is 0 Å². The molecule has 0 fully saturated rings. The first-order valence-corrected chi connectivity index (χ1v) is 8.25. The quantitative estimate of drug-likeness (QED) is 0.764. The van der Waals surface area contributed by atoms with Crippen LogP contribution in [0, 0.1) is 0 Å². The van der Waals surface area contributed by atoms with Crippen molar-refractivity contribution in [2.24, 2.45) is 0 Å². The van der Waals surface area contributed by atoms with Gasteiger partial charge in [0.2, 0.25) is 5.13 Å². The summed E-state index contributed by atoms with van der Waals surface area (Å²) in [6.45, 7) is 4.25. The maximum atomic E-state index is 12.3. The van der Waals surface area contributed by atoms with Gasteiger partial charge in [0.05, 0.1) is 0 Å². The van der Waals surface area contributed by atoms with Crippen molar-refractivity contribution in [2.45, 2.75) is 19.8 Å². The van der Waals surface area contributed by atoms with Crippen LogP contribution in [-0.2, 0) is 0 Å². The first kappa shape index (κ1) is 15.4. The van der Waals surface area contributed by atoms with E-state index >= 15 is 0 Å². The molecule has 0 bridgehead atoms. The van der Waals surface area contributed by atoms with Crippen LogP contribution in [0.2, 0.25) is 0 Å². The largest absolute Gasteiger partial charge is 0.296 e. The minimum absolute atomic E-state index is 0.170. The number of benzene rings is 2. The Morgan fingerprint density at radius 2 is 1.70 bits per heavy atom. The number of carbonyl (C=O) groups is 1. The van der Waals surface area contributed by atoms with Gasteiger partial charge in [-0.25, -0.2) is 0 Å². The maximum absolute atomic E-state index is 12.3. The molecule has 1 aromatic heterocycles. The van der Waals surface area contributed by atoms with Crippen molar-refractivity contribution in [3.8, 4) is 10.6 Å². The molecule has 2 aromatic carbocycles. The highest BCUT2D eigenvalue weighted by molar-refractivity contribution is 7.18. The molecule has 23 heavy (non-hydrogen) atoms. The van der Waals surface area contributed by atoms with Crippen LogP contribution >= 0.6 is 11.3 Å². The van der Waals surface area contributed by atoms with E-state index in [1.54, 1.807) is 0 Å². The average molecular weight is 323 g/mol. The van der Waals surface area contributed by atoms with Crippen LogP contribution in [0.4, 0.5) is 5.13 Å². The number of hydrogen-bond donors (Lipinski definition) is 1. The van der Waals surface area contributed by atoms with E-state index in [1.807, 2.05) is 54.6 Å². The van der Waals surface area contributed by atoms with Gasteiger partial charge in [-0.2, -0.15) is 0 Å². The van der Waals surface area contributed by atoms with Gasteiger partial charge in [0.25, 0.3) is 5.91 Å². The molecule has 3 aromatic rings. The molecule has 0 saturated carbocycles. The molecule has 1 amide bonds. The fourth-order valence-corrected chi connectivity index (χ4v) is 2.90.